The van der Waals surface area contributed by atoms with E-state index in [0.717, 1.165) is 4.31 Å². The molecule has 0 aliphatic rings. The van der Waals surface area contributed by atoms with E-state index in [1.54, 1.807) is 13.8 Å². The molecule has 0 amide bonds. The van der Waals surface area contributed by atoms with Gasteiger partial charge in [0.25, 0.3) is 0 Å². The maximum atomic E-state index is 12.3. The van der Waals surface area contributed by atoms with Gasteiger partial charge in [-0.3, -0.25) is 4.79 Å². The van der Waals surface area contributed by atoms with Gasteiger partial charge in [-0.2, -0.15) is 5.26 Å². The lowest BCUT2D eigenvalue weighted by atomic mass is 10.1. The third-order valence-corrected chi connectivity index (χ3v) is 4.82. The first kappa shape index (κ1) is 17.1. The molecule has 0 aromatic heterocycles. The molecular formula is C14H18N2O4S. The van der Waals surface area contributed by atoms with Crippen molar-refractivity contribution in [3.63, 3.8) is 0 Å². The molecule has 1 aromatic carbocycles. The Labute approximate surface area is 125 Å². The third-order valence-electron chi connectivity index (χ3n) is 2.96. The topological polar surface area (TPSA) is 87.5 Å². The first-order chi connectivity index (χ1) is 9.82. The zero-order valence-corrected chi connectivity index (χ0v) is 13.1. The Kier molecular flexibility index (Phi) is 5.88. The monoisotopic (exact) mass is 310 g/mol. The lowest BCUT2D eigenvalue weighted by Crippen LogP contribution is -2.29. The first-order valence-electron chi connectivity index (χ1n) is 6.45. The molecule has 0 unspecified atom stereocenters. The Hall–Kier alpha value is -1.91. The molecule has 0 saturated carbocycles. The highest BCUT2D eigenvalue weighted by Gasteiger charge is 2.22. The molecular weight excluding hydrogens is 292 g/mol. The van der Waals surface area contributed by atoms with Gasteiger partial charge in [-0.25, -0.2) is 12.7 Å². The van der Waals surface area contributed by atoms with E-state index in [2.05, 4.69) is 0 Å². The van der Waals surface area contributed by atoms with Crippen molar-refractivity contribution < 1.29 is 17.9 Å². The van der Waals surface area contributed by atoms with Crippen molar-refractivity contribution in [2.24, 2.45) is 0 Å². The van der Waals surface area contributed by atoms with Crippen LogP contribution in [-0.4, -0.2) is 38.9 Å². The molecule has 7 heteroatoms. The van der Waals surface area contributed by atoms with Crippen LogP contribution in [0.15, 0.2) is 23.1 Å². The van der Waals surface area contributed by atoms with E-state index >= 15 is 0 Å². The average Bonchev–Trinajstić information content (AvgIpc) is 2.44. The molecule has 21 heavy (non-hydrogen) atoms. The summed E-state index contributed by atoms with van der Waals surface area (Å²) in [5.41, 5.74) is 1.03. The first-order valence-corrected chi connectivity index (χ1v) is 7.89. The molecule has 0 bridgehead atoms. The summed E-state index contributed by atoms with van der Waals surface area (Å²) >= 11 is 0. The molecule has 0 spiro atoms. The number of carbonyl (C=O) groups is 1. The number of hydrogen-bond acceptors (Lipinski definition) is 5. The van der Waals surface area contributed by atoms with E-state index in [-0.39, 0.29) is 24.5 Å². The van der Waals surface area contributed by atoms with Crippen molar-refractivity contribution in [2.75, 3.05) is 20.2 Å². The van der Waals surface area contributed by atoms with Crippen molar-refractivity contribution in [3.8, 4) is 6.07 Å². The third kappa shape index (κ3) is 4.28. The fraction of sp³-hybridized carbons (Fsp3) is 0.429. The van der Waals surface area contributed by atoms with E-state index in [9.17, 15) is 13.2 Å². The Balaban J connectivity index is 2.88. The number of sulfonamides is 1. The zero-order valence-electron chi connectivity index (χ0n) is 12.3. The molecule has 0 aliphatic heterocycles. The standard InChI is InChI=1S/C14H18N2O4S/c1-4-20-14(17)7-8-16(3)21(18,19)13-6-5-12(10-15)11(2)9-13/h5-6,9H,4,7-8H2,1-3H3. The van der Waals surface area contributed by atoms with Crippen LogP contribution in [0.4, 0.5) is 0 Å². The van der Waals surface area contributed by atoms with Crippen LogP contribution < -0.4 is 0 Å². The molecule has 6 nitrogen and oxygen atoms in total. The van der Waals surface area contributed by atoms with E-state index in [1.165, 1.54) is 25.2 Å². The molecule has 0 fully saturated rings. The number of nitrogens with zero attached hydrogens (tertiary/aromatic N) is 2. The molecule has 1 rings (SSSR count). The molecule has 114 valence electrons. The summed E-state index contributed by atoms with van der Waals surface area (Å²) in [6, 6.07) is 6.31. The second-order valence-corrected chi connectivity index (χ2v) is 6.52. The molecule has 1 aromatic rings. The number of hydrogen-bond donors (Lipinski definition) is 0. The minimum Gasteiger partial charge on any atom is -0.466 e. The molecule has 0 radical (unpaired) electrons. The average molecular weight is 310 g/mol. The van der Waals surface area contributed by atoms with Gasteiger partial charge in [0.15, 0.2) is 0 Å². The van der Waals surface area contributed by atoms with Crippen LogP contribution in [0, 0.1) is 18.3 Å². The van der Waals surface area contributed by atoms with Crippen molar-refractivity contribution in [1.29, 1.82) is 5.26 Å². The smallest absolute Gasteiger partial charge is 0.307 e. The predicted octanol–water partition coefficient (Wildman–Crippen LogP) is 1.44. The largest absolute Gasteiger partial charge is 0.466 e. The van der Waals surface area contributed by atoms with E-state index in [0.29, 0.717) is 11.1 Å². The van der Waals surface area contributed by atoms with Gasteiger partial charge in [0.1, 0.15) is 0 Å². The van der Waals surface area contributed by atoms with Crippen LogP contribution in [0.2, 0.25) is 0 Å². The van der Waals surface area contributed by atoms with E-state index < -0.39 is 16.0 Å². The molecule has 0 atom stereocenters. The van der Waals surface area contributed by atoms with Crippen LogP contribution in [0.1, 0.15) is 24.5 Å². The van der Waals surface area contributed by atoms with Crippen LogP contribution in [0.5, 0.6) is 0 Å². The van der Waals surface area contributed by atoms with Crippen LogP contribution in [0.25, 0.3) is 0 Å². The predicted molar refractivity (Wildman–Crippen MR) is 77.0 cm³/mol. The van der Waals surface area contributed by atoms with Gasteiger partial charge < -0.3 is 4.74 Å². The summed E-state index contributed by atoms with van der Waals surface area (Å²) in [5.74, 6) is -0.435. The molecule has 0 saturated heterocycles. The maximum Gasteiger partial charge on any atom is 0.307 e. The molecule has 0 aliphatic carbocycles. The number of esters is 1. The number of carbonyl (C=O) groups excluding carboxylic acids is 1. The summed E-state index contributed by atoms with van der Waals surface area (Å²) in [4.78, 5) is 11.4. The highest BCUT2D eigenvalue weighted by molar-refractivity contribution is 7.89. The number of nitriles is 1. The van der Waals surface area contributed by atoms with Gasteiger partial charge in [-0.05, 0) is 37.6 Å². The van der Waals surface area contributed by atoms with Crippen LogP contribution in [-0.2, 0) is 19.6 Å². The lowest BCUT2D eigenvalue weighted by molar-refractivity contribution is -0.143. The Morgan fingerprint density at radius 3 is 2.62 bits per heavy atom. The highest BCUT2D eigenvalue weighted by atomic mass is 32.2. The SMILES string of the molecule is CCOC(=O)CCN(C)S(=O)(=O)c1ccc(C#N)c(C)c1. The maximum absolute atomic E-state index is 12.3. The number of benzene rings is 1. The van der Waals surface area contributed by atoms with Gasteiger partial charge in [-0.15, -0.1) is 0 Å². The number of rotatable bonds is 6. The fourth-order valence-corrected chi connectivity index (χ4v) is 2.96. The quantitative estimate of drug-likeness (QED) is 0.742. The van der Waals surface area contributed by atoms with Crippen molar-refractivity contribution in [2.45, 2.75) is 25.2 Å². The summed E-state index contributed by atoms with van der Waals surface area (Å²) in [6.07, 6.45) is -0.00116. The summed E-state index contributed by atoms with van der Waals surface area (Å²) in [6.45, 7) is 3.68. The number of aryl methyl sites for hydroxylation is 1. The summed E-state index contributed by atoms with van der Waals surface area (Å²) in [7, 11) is -2.28. The Morgan fingerprint density at radius 1 is 1.43 bits per heavy atom. The van der Waals surface area contributed by atoms with Crippen LogP contribution in [0.3, 0.4) is 0 Å². The van der Waals surface area contributed by atoms with E-state index in [1.807, 2.05) is 6.07 Å². The minimum absolute atomic E-state index is 0.00116. The lowest BCUT2D eigenvalue weighted by Gasteiger charge is -2.17. The van der Waals surface area contributed by atoms with Gasteiger partial charge in [-0.1, -0.05) is 0 Å². The van der Waals surface area contributed by atoms with Crippen molar-refractivity contribution >= 4 is 16.0 Å². The Morgan fingerprint density at radius 2 is 2.10 bits per heavy atom. The molecule has 0 N–H and O–H groups in total. The second-order valence-electron chi connectivity index (χ2n) is 4.47. The van der Waals surface area contributed by atoms with Gasteiger partial charge in [0, 0.05) is 13.6 Å². The Bertz CT molecular complexity index is 662. The van der Waals surface area contributed by atoms with Crippen molar-refractivity contribution in [1.82, 2.24) is 4.31 Å². The normalized spacial score (nSPS) is 11.2. The van der Waals surface area contributed by atoms with Crippen molar-refractivity contribution in [3.05, 3.63) is 29.3 Å². The number of ether oxygens (including phenoxy) is 1. The van der Waals surface area contributed by atoms with Gasteiger partial charge in [0.2, 0.25) is 10.0 Å². The second kappa shape index (κ2) is 7.20. The zero-order chi connectivity index (χ0) is 16.0. The highest BCUT2D eigenvalue weighted by Crippen LogP contribution is 2.18. The summed E-state index contributed by atoms with van der Waals surface area (Å²) < 4.78 is 30.6. The fourth-order valence-electron chi connectivity index (χ4n) is 1.70. The summed E-state index contributed by atoms with van der Waals surface area (Å²) in [5, 5.41) is 8.86. The van der Waals surface area contributed by atoms with E-state index in [4.69, 9.17) is 10.00 Å². The van der Waals surface area contributed by atoms with Gasteiger partial charge in [0.05, 0.1) is 29.6 Å². The minimum atomic E-state index is -3.68. The van der Waals surface area contributed by atoms with Crippen LogP contribution >= 0.6 is 0 Å². The molecule has 0 heterocycles. The van der Waals surface area contributed by atoms with Gasteiger partial charge >= 0.3 is 5.97 Å².